The van der Waals surface area contributed by atoms with E-state index in [9.17, 15) is 14.4 Å². The lowest BCUT2D eigenvalue weighted by Gasteiger charge is -2.36. The molecule has 4 aliphatic rings. The van der Waals surface area contributed by atoms with Gasteiger partial charge in [-0.3, -0.25) is 9.59 Å². The molecule has 0 spiro atoms. The summed E-state index contributed by atoms with van der Waals surface area (Å²) in [7, 11) is 1.28. The van der Waals surface area contributed by atoms with Crippen LogP contribution < -0.4 is 14.8 Å². The maximum absolute atomic E-state index is 13.7. The van der Waals surface area contributed by atoms with Crippen LogP contribution in [-0.2, 0) is 14.3 Å². The standard InChI is InChI=1S/C42H49N7O6/c1-21(2)24(6)40(50)49-28-11-8-27(15-28)37(49)39-44-19-30(46-39)26-10-13-33-35(17-26)55-32-12-9-25(16-34(32)54-33)29-18-43-38(45-29)31-14-23(5)20-48(31)41(51)36(22(3)4)47-42(52)53-7/h9-10,12-14,16-19,21-22,24,27-28,31,36-37H,8,11,15,20H2,1-7H3,(H,43,45)(H,44,46)(H,47,52)/t24-,27+,28-,31-,36?,37-/m0/s1. The lowest BCUT2D eigenvalue weighted by molar-refractivity contribution is -0.141. The molecule has 1 aliphatic carbocycles. The molecule has 55 heavy (non-hydrogen) atoms. The minimum Gasteiger partial charge on any atom is -0.453 e. The molecule has 13 heteroatoms. The third kappa shape index (κ3) is 6.63. The zero-order valence-corrected chi connectivity index (χ0v) is 32.4. The highest BCUT2D eigenvalue weighted by Gasteiger charge is 2.50. The Morgan fingerprint density at radius 2 is 1.62 bits per heavy atom. The summed E-state index contributed by atoms with van der Waals surface area (Å²) in [5.74, 6) is 4.31. The van der Waals surface area contributed by atoms with Gasteiger partial charge in [-0.2, -0.15) is 0 Å². The first-order valence-corrected chi connectivity index (χ1v) is 19.3. The Hall–Kier alpha value is -5.59. The number of alkyl carbamates (subject to hydrolysis) is 1. The summed E-state index contributed by atoms with van der Waals surface area (Å²) >= 11 is 0. The molecule has 2 aromatic carbocycles. The van der Waals surface area contributed by atoms with Crippen LogP contribution >= 0.6 is 0 Å². The number of carbonyl (C=O) groups excluding carboxylic acids is 3. The van der Waals surface area contributed by atoms with Gasteiger partial charge in [-0.25, -0.2) is 14.8 Å². The van der Waals surface area contributed by atoms with Crippen LogP contribution in [0.2, 0.25) is 0 Å². The molecule has 0 radical (unpaired) electrons. The van der Waals surface area contributed by atoms with Gasteiger partial charge in [0.2, 0.25) is 11.8 Å². The molecule has 3 aliphatic heterocycles. The number of piperidine rings is 1. The van der Waals surface area contributed by atoms with Gasteiger partial charge < -0.3 is 39.3 Å². The number of imidazole rings is 2. The predicted octanol–water partition coefficient (Wildman–Crippen LogP) is 7.92. The monoisotopic (exact) mass is 747 g/mol. The maximum atomic E-state index is 13.7. The van der Waals surface area contributed by atoms with E-state index in [2.05, 4.69) is 34.0 Å². The number of methoxy groups -OCH3 is 1. The van der Waals surface area contributed by atoms with Gasteiger partial charge in [0.25, 0.3) is 0 Å². The first kappa shape index (κ1) is 36.4. The number of hydrogen-bond donors (Lipinski definition) is 3. The van der Waals surface area contributed by atoms with Gasteiger partial charge in [0, 0.05) is 35.8 Å². The topological polar surface area (TPSA) is 155 Å². The van der Waals surface area contributed by atoms with Crippen molar-refractivity contribution in [2.75, 3.05) is 13.7 Å². The molecule has 6 atom stereocenters. The molecule has 4 aromatic rings. The number of aromatic nitrogens is 4. The van der Waals surface area contributed by atoms with Crippen molar-refractivity contribution in [1.82, 2.24) is 35.1 Å². The van der Waals surface area contributed by atoms with Crippen molar-refractivity contribution in [2.45, 2.75) is 85.0 Å². The summed E-state index contributed by atoms with van der Waals surface area (Å²) in [6.07, 6.45) is 8.24. The minimum atomic E-state index is -0.745. The van der Waals surface area contributed by atoms with Crippen molar-refractivity contribution >= 4 is 17.9 Å². The molecular formula is C42H49N7O6. The Kier molecular flexibility index (Phi) is 9.42. The molecule has 1 saturated carbocycles. The Morgan fingerprint density at radius 3 is 2.31 bits per heavy atom. The number of rotatable bonds is 9. The molecule has 2 aromatic heterocycles. The fourth-order valence-electron chi connectivity index (χ4n) is 8.45. The number of nitrogens with one attached hydrogen (secondary N) is 3. The van der Waals surface area contributed by atoms with E-state index in [1.807, 2.05) is 82.6 Å². The van der Waals surface area contributed by atoms with Crippen LogP contribution in [0.15, 0.2) is 60.4 Å². The second kappa shape index (κ2) is 14.2. The van der Waals surface area contributed by atoms with Gasteiger partial charge in [0.15, 0.2) is 23.0 Å². The van der Waals surface area contributed by atoms with E-state index < -0.39 is 18.2 Å². The minimum absolute atomic E-state index is 0.0298. The van der Waals surface area contributed by atoms with Crippen LogP contribution in [0.25, 0.3) is 22.5 Å². The molecule has 13 nitrogen and oxygen atoms in total. The molecule has 288 valence electrons. The fraction of sp³-hybridized carbons (Fsp3) is 0.452. The Labute approximate surface area is 320 Å². The second-order valence-electron chi connectivity index (χ2n) is 16.1. The van der Waals surface area contributed by atoms with E-state index in [-0.39, 0.29) is 41.7 Å². The smallest absolute Gasteiger partial charge is 0.407 e. The number of H-pyrrole nitrogens is 2. The zero-order valence-electron chi connectivity index (χ0n) is 32.4. The highest BCUT2D eigenvalue weighted by atomic mass is 16.6. The largest absolute Gasteiger partial charge is 0.453 e. The number of fused-ring (bicyclic) bond motifs is 4. The average molecular weight is 748 g/mol. The maximum Gasteiger partial charge on any atom is 0.407 e. The molecule has 3 N–H and O–H groups in total. The molecule has 5 heterocycles. The van der Waals surface area contributed by atoms with Crippen molar-refractivity contribution in [2.24, 2.45) is 23.7 Å². The summed E-state index contributed by atoms with van der Waals surface area (Å²) in [6, 6.07) is 10.6. The molecule has 8 rings (SSSR count). The third-order valence-corrected chi connectivity index (χ3v) is 11.8. The summed E-state index contributed by atoms with van der Waals surface area (Å²) in [5, 5.41) is 2.69. The quantitative estimate of drug-likeness (QED) is 0.129. The van der Waals surface area contributed by atoms with E-state index in [4.69, 9.17) is 24.2 Å². The highest BCUT2D eigenvalue weighted by molar-refractivity contribution is 5.87. The second-order valence-corrected chi connectivity index (χ2v) is 16.1. The van der Waals surface area contributed by atoms with Gasteiger partial charge >= 0.3 is 6.09 Å². The van der Waals surface area contributed by atoms with Crippen molar-refractivity contribution in [3.05, 3.63) is 72.1 Å². The van der Waals surface area contributed by atoms with E-state index in [1.165, 1.54) is 7.11 Å². The number of hydrogen-bond acceptors (Lipinski definition) is 8. The lowest BCUT2D eigenvalue weighted by Crippen LogP contribution is -2.51. The molecule has 2 fully saturated rings. The summed E-state index contributed by atoms with van der Waals surface area (Å²) in [4.78, 5) is 59.7. The van der Waals surface area contributed by atoms with Crippen LogP contribution in [0, 0.1) is 23.7 Å². The molecule has 3 amide bonds. The predicted molar refractivity (Wildman–Crippen MR) is 205 cm³/mol. The van der Waals surface area contributed by atoms with Crippen molar-refractivity contribution in [1.29, 1.82) is 0 Å². The van der Waals surface area contributed by atoms with Crippen molar-refractivity contribution in [3.63, 3.8) is 0 Å². The molecular weight excluding hydrogens is 699 g/mol. The molecule has 2 bridgehead atoms. The van der Waals surface area contributed by atoms with Crippen LogP contribution in [0.5, 0.6) is 23.0 Å². The number of nitrogens with zero attached hydrogens (tertiary/aromatic N) is 4. The van der Waals surface area contributed by atoms with Gasteiger partial charge in [-0.15, -0.1) is 0 Å². The van der Waals surface area contributed by atoms with Crippen LogP contribution in [0.3, 0.4) is 0 Å². The zero-order chi connectivity index (χ0) is 38.7. The van der Waals surface area contributed by atoms with Crippen molar-refractivity contribution in [3.8, 4) is 45.5 Å². The summed E-state index contributed by atoms with van der Waals surface area (Å²) in [5.41, 5.74) is 4.30. The van der Waals surface area contributed by atoms with E-state index in [1.54, 1.807) is 4.90 Å². The molecule has 1 saturated heterocycles. The Bertz CT molecular complexity index is 2170. The fourth-order valence-corrected chi connectivity index (χ4v) is 8.45. The number of amides is 3. The number of carbonyl (C=O) groups is 3. The van der Waals surface area contributed by atoms with Crippen LogP contribution in [0.1, 0.15) is 84.5 Å². The normalized spacial score (nSPS) is 22.2. The summed E-state index contributed by atoms with van der Waals surface area (Å²) in [6.45, 7) is 12.4. The van der Waals surface area contributed by atoms with Crippen molar-refractivity contribution < 1.29 is 28.6 Å². The first-order valence-electron chi connectivity index (χ1n) is 19.3. The van der Waals surface area contributed by atoms with E-state index in [0.717, 1.165) is 47.5 Å². The van der Waals surface area contributed by atoms with Gasteiger partial charge in [-0.05, 0) is 80.3 Å². The van der Waals surface area contributed by atoms with Gasteiger partial charge in [0.1, 0.15) is 23.7 Å². The molecule has 1 unspecified atom stereocenters. The Morgan fingerprint density at radius 1 is 0.909 bits per heavy atom. The van der Waals surface area contributed by atoms with E-state index >= 15 is 0 Å². The summed E-state index contributed by atoms with van der Waals surface area (Å²) < 4.78 is 17.5. The number of benzene rings is 2. The SMILES string of the molecule is COC(=O)NC(C(=O)N1CC(C)=C[C@H]1c1nc(-c2ccc3c(c2)Oc2ccc(-c4cnc([C@@H]5[C@@H]6CC[C@@H](C6)N5C(=O)[C@@H](C)C(C)C)[nH]4)cc2O3)c[nH]1)C(C)C. The van der Waals surface area contributed by atoms with Gasteiger partial charge in [0.05, 0.1) is 30.7 Å². The third-order valence-electron chi connectivity index (χ3n) is 11.8. The first-order chi connectivity index (χ1) is 26.4. The van der Waals surface area contributed by atoms with Crippen LogP contribution in [-0.4, -0.2) is 73.4 Å². The lowest BCUT2D eigenvalue weighted by atomic mass is 9.93. The highest BCUT2D eigenvalue weighted by Crippen LogP contribution is 2.51. The Balaban J connectivity index is 0.978. The number of likely N-dealkylation sites (tertiary alicyclic amines) is 1. The van der Waals surface area contributed by atoms with Gasteiger partial charge in [-0.1, -0.05) is 46.3 Å². The van der Waals surface area contributed by atoms with Crippen LogP contribution in [0.4, 0.5) is 4.79 Å². The number of ether oxygens (including phenoxy) is 3. The average Bonchev–Trinajstić information content (AvgIpc) is 4.03. The number of aromatic amines is 2. The van der Waals surface area contributed by atoms with E-state index in [0.29, 0.717) is 47.0 Å².